The van der Waals surface area contributed by atoms with E-state index in [4.69, 9.17) is 4.74 Å². The lowest BCUT2D eigenvalue weighted by atomic mass is 9.95. The summed E-state index contributed by atoms with van der Waals surface area (Å²) in [4.78, 5) is 39.5. The van der Waals surface area contributed by atoms with E-state index in [0.29, 0.717) is 38.2 Å². The monoisotopic (exact) mass is 534 g/mol. The van der Waals surface area contributed by atoms with Crippen LogP contribution in [0.15, 0.2) is 79.9 Å². The highest BCUT2D eigenvalue weighted by atomic mass is 16.5. The number of allylic oxidation sites excluding steroid dienone is 2. The molecule has 0 saturated carbocycles. The number of carbonyl (C=O) groups is 3. The van der Waals surface area contributed by atoms with Crippen LogP contribution in [0, 0.1) is 5.92 Å². The molecule has 210 valence electrons. The number of hydrogen-bond acceptors (Lipinski definition) is 4. The number of hydrogen-bond donors (Lipinski definition) is 2. The summed E-state index contributed by atoms with van der Waals surface area (Å²) in [7, 11) is 1.77. The molecule has 2 aromatic rings. The summed E-state index contributed by atoms with van der Waals surface area (Å²) in [5.41, 5.74) is 1.81. The summed E-state index contributed by atoms with van der Waals surface area (Å²) < 4.78 is 5.89. The number of carboxylic acid groups (broad SMARTS) is 1. The summed E-state index contributed by atoms with van der Waals surface area (Å²) in [6.45, 7) is 8.53. The van der Waals surface area contributed by atoms with Crippen LogP contribution >= 0.6 is 0 Å². The van der Waals surface area contributed by atoms with Crippen molar-refractivity contribution in [2.75, 3.05) is 20.1 Å². The van der Waals surface area contributed by atoms with Crippen LogP contribution in [0.5, 0.6) is 5.75 Å². The highest BCUT2D eigenvalue weighted by molar-refractivity contribution is 5.86. The Morgan fingerprint density at radius 3 is 2.28 bits per heavy atom. The van der Waals surface area contributed by atoms with Crippen molar-refractivity contribution >= 4 is 17.8 Å². The molecule has 0 unspecified atom stereocenters. The molecule has 39 heavy (non-hydrogen) atoms. The Morgan fingerprint density at radius 1 is 0.974 bits per heavy atom. The minimum atomic E-state index is -1.02. The van der Waals surface area contributed by atoms with Crippen LogP contribution < -0.4 is 10.1 Å². The van der Waals surface area contributed by atoms with Crippen LogP contribution in [-0.4, -0.2) is 47.9 Å². The third-order valence-corrected chi connectivity index (χ3v) is 6.59. The SMILES string of the molecule is C=CCCCCN(C)C(=O)[C@@H](CNC(=O)[C@H](CCCC=C)CC(=O)O)c1ccc(OCc2ccccc2)cc1. The zero-order valence-corrected chi connectivity index (χ0v) is 23.0. The topological polar surface area (TPSA) is 95.9 Å². The van der Waals surface area contributed by atoms with Crippen LogP contribution in [0.3, 0.4) is 0 Å². The van der Waals surface area contributed by atoms with Crippen LogP contribution in [-0.2, 0) is 21.0 Å². The number of likely N-dealkylation sites (N-methyl/N-ethyl adjacent to an activating group) is 1. The van der Waals surface area contributed by atoms with Gasteiger partial charge in [0.05, 0.1) is 12.3 Å². The van der Waals surface area contributed by atoms with E-state index >= 15 is 0 Å². The van der Waals surface area contributed by atoms with Crippen molar-refractivity contribution in [1.29, 1.82) is 0 Å². The largest absolute Gasteiger partial charge is 0.489 e. The van der Waals surface area contributed by atoms with Crippen LogP contribution in [0.25, 0.3) is 0 Å². The van der Waals surface area contributed by atoms with Crippen molar-refractivity contribution in [2.24, 2.45) is 5.92 Å². The Kier molecular flexibility index (Phi) is 14.2. The van der Waals surface area contributed by atoms with Crippen molar-refractivity contribution in [1.82, 2.24) is 10.2 Å². The predicted molar refractivity (Wildman–Crippen MR) is 154 cm³/mol. The molecule has 0 aliphatic carbocycles. The van der Waals surface area contributed by atoms with E-state index in [1.165, 1.54) is 0 Å². The fraction of sp³-hybridized carbons (Fsp3) is 0.406. The van der Waals surface area contributed by atoms with Crippen molar-refractivity contribution in [3.8, 4) is 5.75 Å². The Bertz CT molecular complexity index is 1050. The van der Waals surface area contributed by atoms with Crippen molar-refractivity contribution < 1.29 is 24.2 Å². The minimum Gasteiger partial charge on any atom is -0.489 e. The van der Waals surface area contributed by atoms with E-state index in [1.807, 2.05) is 60.7 Å². The molecule has 7 heteroatoms. The second kappa shape index (κ2) is 17.6. The lowest BCUT2D eigenvalue weighted by Gasteiger charge is -2.25. The first kappa shape index (κ1) is 31.3. The summed E-state index contributed by atoms with van der Waals surface area (Å²) in [6, 6.07) is 17.2. The number of rotatable bonds is 19. The first-order valence-electron chi connectivity index (χ1n) is 13.6. The van der Waals surface area contributed by atoms with Crippen molar-refractivity contribution in [3.05, 3.63) is 91.0 Å². The van der Waals surface area contributed by atoms with E-state index in [1.54, 1.807) is 18.0 Å². The van der Waals surface area contributed by atoms with Gasteiger partial charge in [-0.2, -0.15) is 0 Å². The van der Waals surface area contributed by atoms with E-state index in [0.717, 1.165) is 30.4 Å². The summed E-state index contributed by atoms with van der Waals surface area (Å²) in [6.07, 6.45) is 7.88. The molecule has 7 nitrogen and oxygen atoms in total. The molecule has 0 radical (unpaired) electrons. The van der Waals surface area contributed by atoms with Crippen LogP contribution in [0.2, 0.25) is 0 Å². The number of ether oxygens (including phenoxy) is 1. The van der Waals surface area contributed by atoms with E-state index in [2.05, 4.69) is 18.5 Å². The van der Waals surface area contributed by atoms with E-state index in [-0.39, 0.29) is 24.8 Å². The zero-order chi connectivity index (χ0) is 28.5. The molecule has 2 N–H and O–H groups in total. The first-order valence-corrected chi connectivity index (χ1v) is 13.6. The van der Waals surface area contributed by atoms with Crippen molar-refractivity contribution in [2.45, 2.75) is 57.5 Å². The van der Waals surface area contributed by atoms with Crippen LogP contribution in [0.4, 0.5) is 0 Å². The van der Waals surface area contributed by atoms with Gasteiger partial charge in [-0.15, -0.1) is 13.2 Å². The zero-order valence-electron chi connectivity index (χ0n) is 23.0. The van der Waals surface area contributed by atoms with E-state index < -0.39 is 17.8 Å². The van der Waals surface area contributed by atoms with Gasteiger partial charge in [0.15, 0.2) is 0 Å². The Labute approximate surface area is 232 Å². The minimum absolute atomic E-state index is 0.0798. The number of amides is 2. The molecule has 2 amide bonds. The lowest BCUT2D eigenvalue weighted by molar-refractivity contribution is -0.141. The molecular weight excluding hydrogens is 492 g/mol. The Hall–Kier alpha value is -3.87. The van der Waals surface area contributed by atoms with Gasteiger partial charge in [-0.25, -0.2) is 0 Å². The normalized spacial score (nSPS) is 12.1. The van der Waals surface area contributed by atoms with Gasteiger partial charge in [0, 0.05) is 26.1 Å². The third kappa shape index (κ3) is 11.6. The highest BCUT2D eigenvalue weighted by Gasteiger charge is 2.27. The predicted octanol–water partition coefficient (Wildman–Crippen LogP) is 5.73. The molecule has 0 aliphatic heterocycles. The molecule has 2 aromatic carbocycles. The average Bonchev–Trinajstić information content (AvgIpc) is 2.94. The number of nitrogens with one attached hydrogen (secondary N) is 1. The number of nitrogens with zero attached hydrogens (tertiary/aromatic N) is 1. The fourth-order valence-corrected chi connectivity index (χ4v) is 4.29. The molecule has 2 rings (SSSR count). The maximum absolute atomic E-state index is 13.5. The summed E-state index contributed by atoms with van der Waals surface area (Å²) >= 11 is 0. The smallest absolute Gasteiger partial charge is 0.304 e. The molecular formula is C32H42N2O5. The number of carbonyl (C=O) groups excluding carboxylic acids is 2. The molecule has 0 heterocycles. The second-order valence-electron chi connectivity index (χ2n) is 9.70. The van der Waals surface area contributed by atoms with Gasteiger partial charge in [-0.1, -0.05) is 54.6 Å². The first-order chi connectivity index (χ1) is 18.8. The molecule has 0 saturated heterocycles. The number of benzene rings is 2. The van der Waals surface area contributed by atoms with Gasteiger partial charge in [-0.3, -0.25) is 14.4 Å². The maximum Gasteiger partial charge on any atom is 0.304 e. The van der Waals surface area contributed by atoms with Gasteiger partial charge in [0.1, 0.15) is 12.4 Å². The lowest BCUT2D eigenvalue weighted by Crippen LogP contribution is -2.41. The standard InChI is InChI=1S/C32H42N2O5/c1-4-6-8-13-21-34(3)32(38)29(23-33-31(37)27(22-30(35)36)16-10-7-5-2)26-17-19-28(20-18-26)39-24-25-14-11-9-12-15-25/h4-5,9,11-12,14-15,17-20,27,29H,1-2,6-8,10,13,16,21-24H2,3H3,(H,33,37)(H,35,36)/t27-,29+/m1/s1. The fourth-order valence-electron chi connectivity index (χ4n) is 4.29. The Morgan fingerprint density at radius 2 is 1.64 bits per heavy atom. The van der Waals surface area contributed by atoms with Gasteiger partial charge < -0.3 is 20.1 Å². The number of unbranched alkanes of at least 4 members (excludes halogenated alkanes) is 3. The Balaban J connectivity index is 2.13. The van der Waals surface area contributed by atoms with Crippen molar-refractivity contribution in [3.63, 3.8) is 0 Å². The summed E-state index contributed by atoms with van der Waals surface area (Å²) in [5, 5.41) is 12.2. The molecule has 2 atom stereocenters. The van der Waals surface area contributed by atoms with Gasteiger partial charge in [-0.05, 0) is 61.8 Å². The molecule has 0 aromatic heterocycles. The summed E-state index contributed by atoms with van der Waals surface area (Å²) in [5.74, 6) is -2.07. The van der Waals surface area contributed by atoms with Gasteiger partial charge in [0.25, 0.3) is 0 Å². The maximum atomic E-state index is 13.5. The molecule has 0 aliphatic rings. The molecule has 0 fully saturated rings. The highest BCUT2D eigenvalue weighted by Crippen LogP contribution is 2.23. The number of aliphatic carboxylic acids is 1. The number of carboxylic acids is 1. The molecule has 0 spiro atoms. The van der Waals surface area contributed by atoms with Gasteiger partial charge >= 0.3 is 5.97 Å². The van der Waals surface area contributed by atoms with Gasteiger partial charge in [0.2, 0.25) is 11.8 Å². The average molecular weight is 535 g/mol. The molecule has 0 bridgehead atoms. The van der Waals surface area contributed by atoms with E-state index in [9.17, 15) is 19.5 Å². The van der Waals surface area contributed by atoms with Crippen LogP contribution in [0.1, 0.15) is 62.0 Å². The third-order valence-electron chi connectivity index (χ3n) is 6.59. The second-order valence-corrected chi connectivity index (χ2v) is 9.70. The quantitative estimate of drug-likeness (QED) is 0.177.